The molecule has 1 aliphatic carbocycles. The number of carbonyl (C=O) groups is 2. The van der Waals surface area contributed by atoms with Crippen molar-refractivity contribution in [1.29, 1.82) is 0 Å². The van der Waals surface area contributed by atoms with Crippen LogP contribution in [0.4, 0.5) is 5.13 Å². The maximum Gasteiger partial charge on any atom is 0.251 e. The first-order chi connectivity index (χ1) is 12.7. The van der Waals surface area contributed by atoms with Crippen LogP contribution in [0.15, 0.2) is 42.5 Å². The van der Waals surface area contributed by atoms with Gasteiger partial charge in [-0.1, -0.05) is 30.3 Å². The largest absolute Gasteiger partial charge is 0.343 e. The van der Waals surface area contributed by atoms with E-state index in [2.05, 4.69) is 15.6 Å². The molecule has 2 N–H and O–H groups in total. The summed E-state index contributed by atoms with van der Waals surface area (Å²) < 4.78 is 0. The third-order valence-corrected chi connectivity index (χ3v) is 5.59. The summed E-state index contributed by atoms with van der Waals surface area (Å²) in [6.07, 6.45) is 4.37. The highest BCUT2D eigenvalue weighted by atomic mass is 32.1. The minimum atomic E-state index is -0.260. The highest BCUT2D eigenvalue weighted by Gasteiger charge is 2.16. The van der Waals surface area contributed by atoms with Crippen LogP contribution in [0, 0.1) is 0 Å². The molecule has 4 rings (SSSR count). The molecule has 0 fully saturated rings. The molecule has 132 valence electrons. The van der Waals surface area contributed by atoms with E-state index in [0.29, 0.717) is 10.7 Å². The molecule has 0 atom stereocenters. The van der Waals surface area contributed by atoms with Crippen molar-refractivity contribution in [3.05, 3.63) is 58.6 Å². The predicted molar refractivity (Wildman–Crippen MR) is 104 cm³/mol. The zero-order chi connectivity index (χ0) is 17.9. The van der Waals surface area contributed by atoms with Crippen LogP contribution in [-0.4, -0.2) is 23.3 Å². The fourth-order valence-corrected chi connectivity index (χ4v) is 4.23. The first kappa shape index (κ1) is 16.7. The van der Waals surface area contributed by atoms with Gasteiger partial charge in [-0.15, -0.1) is 11.3 Å². The summed E-state index contributed by atoms with van der Waals surface area (Å²) in [6.45, 7) is -0.0735. The lowest BCUT2D eigenvalue weighted by Crippen LogP contribution is -2.32. The van der Waals surface area contributed by atoms with Crippen molar-refractivity contribution in [2.75, 3.05) is 11.9 Å². The number of hydrogen-bond acceptors (Lipinski definition) is 4. The van der Waals surface area contributed by atoms with Gasteiger partial charge in [0.1, 0.15) is 0 Å². The number of thiazole rings is 1. The fraction of sp³-hybridized carbons (Fsp3) is 0.250. The van der Waals surface area contributed by atoms with Gasteiger partial charge in [-0.25, -0.2) is 4.98 Å². The van der Waals surface area contributed by atoms with Crippen LogP contribution >= 0.6 is 11.3 Å². The van der Waals surface area contributed by atoms with Crippen LogP contribution in [0.5, 0.6) is 0 Å². The van der Waals surface area contributed by atoms with Crippen molar-refractivity contribution in [1.82, 2.24) is 10.3 Å². The van der Waals surface area contributed by atoms with E-state index in [1.807, 2.05) is 36.4 Å². The van der Waals surface area contributed by atoms with Gasteiger partial charge >= 0.3 is 0 Å². The van der Waals surface area contributed by atoms with Gasteiger partial charge < -0.3 is 10.6 Å². The second-order valence-electron chi connectivity index (χ2n) is 6.39. The van der Waals surface area contributed by atoms with E-state index in [-0.39, 0.29) is 18.4 Å². The summed E-state index contributed by atoms with van der Waals surface area (Å²) in [5, 5.41) is 8.16. The normalized spacial score (nSPS) is 13.2. The van der Waals surface area contributed by atoms with E-state index in [0.717, 1.165) is 35.7 Å². The molecule has 1 heterocycles. The van der Waals surface area contributed by atoms with Gasteiger partial charge in [0, 0.05) is 10.4 Å². The molecule has 3 aromatic rings. The van der Waals surface area contributed by atoms with Crippen molar-refractivity contribution < 1.29 is 9.59 Å². The van der Waals surface area contributed by atoms with Gasteiger partial charge in [0.25, 0.3) is 5.91 Å². The first-order valence-corrected chi connectivity index (χ1v) is 9.56. The Kier molecular flexibility index (Phi) is 4.67. The Morgan fingerprint density at radius 2 is 1.85 bits per heavy atom. The molecule has 0 bridgehead atoms. The van der Waals surface area contributed by atoms with E-state index in [1.165, 1.54) is 22.6 Å². The van der Waals surface area contributed by atoms with Crippen molar-refractivity contribution in [2.24, 2.45) is 0 Å². The Labute approximate surface area is 155 Å². The van der Waals surface area contributed by atoms with Crippen molar-refractivity contribution >= 4 is 39.1 Å². The highest BCUT2D eigenvalue weighted by molar-refractivity contribution is 7.15. The van der Waals surface area contributed by atoms with E-state index in [1.54, 1.807) is 6.07 Å². The SMILES string of the molecule is O=C(CNC(=O)c1ccc2ccccc2c1)Nc1nc2c(s1)CCCC2. The number of hydrogen-bond donors (Lipinski definition) is 2. The Morgan fingerprint density at radius 3 is 2.69 bits per heavy atom. The molecule has 1 aliphatic rings. The lowest BCUT2D eigenvalue weighted by atomic mass is 10.0. The quantitative estimate of drug-likeness (QED) is 0.743. The van der Waals surface area contributed by atoms with Crippen LogP contribution in [0.3, 0.4) is 0 Å². The number of fused-ring (bicyclic) bond motifs is 2. The smallest absolute Gasteiger partial charge is 0.251 e. The van der Waals surface area contributed by atoms with Gasteiger partial charge in [-0.3, -0.25) is 9.59 Å². The number of aryl methyl sites for hydroxylation is 2. The van der Waals surface area contributed by atoms with E-state index < -0.39 is 0 Å². The zero-order valence-electron chi connectivity index (χ0n) is 14.2. The molecule has 0 saturated heterocycles. The number of nitrogens with one attached hydrogen (secondary N) is 2. The average Bonchev–Trinajstić information content (AvgIpc) is 3.08. The second kappa shape index (κ2) is 7.25. The summed E-state index contributed by atoms with van der Waals surface area (Å²) in [7, 11) is 0. The Morgan fingerprint density at radius 1 is 1.04 bits per heavy atom. The van der Waals surface area contributed by atoms with Crippen LogP contribution in [0.2, 0.25) is 0 Å². The standard InChI is InChI=1S/C20H19N3O2S/c24-18(23-20-22-16-7-3-4-8-17(16)26-20)12-21-19(25)15-10-9-13-5-1-2-6-14(13)11-15/h1-2,5-6,9-11H,3-4,7-8,12H2,(H,21,25)(H,22,23,24). The van der Waals surface area contributed by atoms with Crippen LogP contribution in [-0.2, 0) is 17.6 Å². The summed E-state index contributed by atoms with van der Waals surface area (Å²) in [5.41, 5.74) is 1.65. The maximum atomic E-state index is 12.3. The van der Waals surface area contributed by atoms with Crippen LogP contribution in [0.25, 0.3) is 10.8 Å². The summed E-state index contributed by atoms with van der Waals surface area (Å²) >= 11 is 1.54. The second-order valence-corrected chi connectivity index (χ2v) is 7.47. The van der Waals surface area contributed by atoms with Crippen molar-refractivity contribution in [2.45, 2.75) is 25.7 Å². The number of rotatable bonds is 4. The molecule has 2 amide bonds. The molecule has 0 radical (unpaired) electrons. The Bertz CT molecular complexity index is 957. The topological polar surface area (TPSA) is 71.1 Å². The minimum absolute atomic E-state index is 0.0735. The lowest BCUT2D eigenvalue weighted by Gasteiger charge is -2.06. The molecular formula is C20H19N3O2S. The van der Waals surface area contributed by atoms with E-state index in [4.69, 9.17) is 0 Å². The molecule has 6 heteroatoms. The summed E-state index contributed by atoms with van der Waals surface area (Å²) in [6, 6.07) is 13.4. The van der Waals surface area contributed by atoms with Gasteiger partial charge in [0.15, 0.2) is 5.13 Å². The van der Waals surface area contributed by atoms with Crippen molar-refractivity contribution in [3.63, 3.8) is 0 Å². The molecule has 1 aromatic heterocycles. The molecule has 0 aliphatic heterocycles. The minimum Gasteiger partial charge on any atom is -0.343 e. The lowest BCUT2D eigenvalue weighted by molar-refractivity contribution is -0.115. The molecule has 0 spiro atoms. The number of carbonyl (C=O) groups excluding carboxylic acids is 2. The summed E-state index contributed by atoms with van der Waals surface area (Å²) in [4.78, 5) is 30.2. The zero-order valence-corrected chi connectivity index (χ0v) is 15.1. The number of benzene rings is 2. The number of nitrogens with zero attached hydrogens (tertiary/aromatic N) is 1. The van der Waals surface area contributed by atoms with Crippen LogP contribution < -0.4 is 10.6 Å². The predicted octanol–water partition coefficient (Wildman–Crippen LogP) is 3.54. The average molecular weight is 365 g/mol. The van der Waals surface area contributed by atoms with Crippen molar-refractivity contribution in [3.8, 4) is 0 Å². The van der Waals surface area contributed by atoms with E-state index >= 15 is 0 Å². The van der Waals surface area contributed by atoms with Gasteiger partial charge in [0.05, 0.1) is 12.2 Å². The summed E-state index contributed by atoms with van der Waals surface area (Å²) in [5.74, 6) is -0.519. The van der Waals surface area contributed by atoms with Crippen LogP contribution in [0.1, 0.15) is 33.8 Å². The van der Waals surface area contributed by atoms with Gasteiger partial charge in [-0.05, 0) is 48.6 Å². The Hall–Kier alpha value is -2.73. The third-order valence-electron chi connectivity index (χ3n) is 4.51. The Balaban J connectivity index is 1.35. The van der Waals surface area contributed by atoms with E-state index in [9.17, 15) is 9.59 Å². The molecule has 26 heavy (non-hydrogen) atoms. The monoisotopic (exact) mass is 365 g/mol. The molecule has 0 saturated carbocycles. The maximum absolute atomic E-state index is 12.3. The fourth-order valence-electron chi connectivity index (χ4n) is 3.16. The van der Waals surface area contributed by atoms with Gasteiger partial charge in [0.2, 0.25) is 5.91 Å². The molecule has 0 unspecified atom stereocenters. The number of amides is 2. The molecular weight excluding hydrogens is 346 g/mol. The van der Waals surface area contributed by atoms with Gasteiger partial charge in [-0.2, -0.15) is 0 Å². The highest BCUT2D eigenvalue weighted by Crippen LogP contribution is 2.29. The first-order valence-electron chi connectivity index (χ1n) is 8.74. The number of anilines is 1. The molecule has 2 aromatic carbocycles. The number of aromatic nitrogens is 1. The molecule has 5 nitrogen and oxygen atoms in total. The third kappa shape index (κ3) is 3.60.